The lowest BCUT2D eigenvalue weighted by Crippen LogP contribution is -2.51. The Balaban J connectivity index is 1.85. The van der Waals surface area contributed by atoms with Gasteiger partial charge < -0.3 is 15.3 Å². The lowest BCUT2D eigenvalue weighted by molar-refractivity contribution is -0.154. The summed E-state index contributed by atoms with van der Waals surface area (Å²) < 4.78 is 0. The van der Waals surface area contributed by atoms with E-state index in [1.807, 2.05) is 0 Å². The van der Waals surface area contributed by atoms with Gasteiger partial charge in [0.05, 0.1) is 11.3 Å². The molecule has 0 bridgehead atoms. The fourth-order valence-electron chi connectivity index (χ4n) is 2.95. The highest BCUT2D eigenvalue weighted by atomic mass is 16.4. The van der Waals surface area contributed by atoms with Gasteiger partial charge in [0.15, 0.2) is 0 Å². The summed E-state index contributed by atoms with van der Waals surface area (Å²) in [6.45, 7) is 2.87. The van der Waals surface area contributed by atoms with Gasteiger partial charge in [0.1, 0.15) is 0 Å². The monoisotopic (exact) mass is 282 g/mol. The molecule has 2 fully saturated rings. The van der Waals surface area contributed by atoms with Crippen LogP contribution in [0.4, 0.5) is 0 Å². The Bertz CT molecular complexity index is 417. The number of likely N-dealkylation sites (tertiary alicyclic amines) is 1. The molecule has 1 saturated carbocycles. The van der Waals surface area contributed by atoms with Gasteiger partial charge >= 0.3 is 5.97 Å². The van der Waals surface area contributed by atoms with Gasteiger partial charge in [-0.05, 0) is 25.7 Å². The molecule has 0 spiro atoms. The van der Waals surface area contributed by atoms with E-state index in [9.17, 15) is 19.5 Å². The zero-order valence-electron chi connectivity index (χ0n) is 11.9. The minimum absolute atomic E-state index is 0.0106. The second-order valence-electron chi connectivity index (χ2n) is 5.96. The first-order valence-corrected chi connectivity index (χ1v) is 7.21. The molecule has 0 aromatic carbocycles. The average Bonchev–Trinajstić information content (AvgIpc) is 2.37. The molecular weight excluding hydrogens is 260 g/mol. The summed E-state index contributed by atoms with van der Waals surface area (Å²) in [6, 6.07) is 0. The van der Waals surface area contributed by atoms with Gasteiger partial charge in [0.25, 0.3) is 0 Å². The number of rotatable bonds is 4. The molecule has 0 aromatic rings. The van der Waals surface area contributed by atoms with E-state index in [0.29, 0.717) is 25.9 Å². The van der Waals surface area contributed by atoms with Crippen molar-refractivity contribution < 1.29 is 19.5 Å². The molecule has 2 N–H and O–H groups in total. The Morgan fingerprint density at radius 2 is 2.00 bits per heavy atom. The average molecular weight is 282 g/mol. The zero-order chi connectivity index (χ0) is 14.8. The van der Waals surface area contributed by atoms with Crippen molar-refractivity contribution in [3.63, 3.8) is 0 Å². The minimum Gasteiger partial charge on any atom is -0.481 e. The van der Waals surface area contributed by atoms with E-state index in [1.54, 1.807) is 4.90 Å². The number of carboxylic acids is 1. The number of carboxylic acid groups (broad SMARTS) is 1. The maximum absolute atomic E-state index is 12.1. The van der Waals surface area contributed by atoms with Crippen LogP contribution in [0.25, 0.3) is 0 Å². The van der Waals surface area contributed by atoms with Crippen LogP contribution in [0, 0.1) is 11.3 Å². The predicted molar refractivity (Wildman–Crippen MR) is 71.9 cm³/mol. The Morgan fingerprint density at radius 1 is 1.30 bits per heavy atom. The quantitative estimate of drug-likeness (QED) is 0.791. The van der Waals surface area contributed by atoms with Gasteiger partial charge in [0.2, 0.25) is 11.8 Å². The minimum atomic E-state index is -0.821. The number of nitrogens with zero attached hydrogens (tertiary/aromatic N) is 1. The third-order valence-electron chi connectivity index (χ3n) is 4.60. The first kappa shape index (κ1) is 14.8. The number of carbonyl (C=O) groups excluding carboxylic acids is 2. The SMILES string of the molecule is CC(=O)N1CCCC(C(=O)NCC2(C(=O)O)CCC2)C1. The molecule has 2 amide bonds. The van der Waals surface area contributed by atoms with Gasteiger partial charge in [-0.15, -0.1) is 0 Å². The highest BCUT2D eigenvalue weighted by Crippen LogP contribution is 2.40. The molecule has 1 atom stereocenters. The van der Waals surface area contributed by atoms with Gasteiger partial charge in [-0.1, -0.05) is 6.42 Å². The zero-order valence-corrected chi connectivity index (χ0v) is 11.9. The van der Waals surface area contributed by atoms with E-state index < -0.39 is 11.4 Å². The van der Waals surface area contributed by atoms with Crippen molar-refractivity contribution >= 4 is 17.8 Å². The number of nitrogens with one attached hydrogen (secondary N) is 1. The molecule has 6 nitrogen and oxygen atoms in total. The second kappa shape index (κ2) is 5.81. The number of carbonyl (C=O) groups is 3. The number of hydrogen-bond acceptors (Lipinski definition) is 3. The molecule has 1 aliphatic carbocycles. The second-order valence-corrected chi connectivity index (χ2v) is 5.96. The fourth-order valence-corrected chi connectivity index (χ4v) is 2.95. The van der Waals surface area contributed by atoms with Crippen molar-refractivity contribution in [1.29, 1.82) is 0 Å². The molecular formula is C14H22N2O4. The highest BCUT2D eigenvalue weighted by molar-refractivity contribution is 5.82. The molecule has 1 unspecified atom stereocenters. The molecule has 112 valence electrons. The summed E-state index contributed by atoms with van der Waals surface area (Å²) in [5, 5.41) is 12.0. The first-order valence-electron chi connectivity index (χ1n) is 7.21. The van der Waals surface area contributed by atoms with E-state index in [1.165, 1.54) is 6.92 Å². The summed E-state index contributed by atoms with van der Waals surface area (Å²) in [6.07, 6.45) is 3.75. The van der Waals surface area contributed by atoms with Crippen LogP contribution in [0.2, 0.25) is 0 Å². The van der Waals surface area contributed by atoms with Gasteiger partial charge in [-0.3, -0.25) is 14.4 Å². The third kappa shape index (κ3) is 2.94. The maximum Gasteiger partial charge on any atom is 0.311 e. The van der Waals surface area contributed by atoms with Crippen molar-refractivity contribution in [3.05, 3.63) is 0 Å². The smallest absolute Gasteiger partial charge is 0.311 e. The van der Waals surface area contributed by atoms with Crippen LogP contribution in [0.15, 0.2) is 0 Å². The number of hydrogen-bond donors (Lipinski definition) is 2. The van der Waals surface area contributed by atoms with Crippen LogP contribution in [0.3, 0.4) is 0 Å². The standard InChI is InChI=1S/C14H22N2O4/c1-10(17)16-7-2-4-11(8-16)12(18)15-9-14(13(19)20)5-3-6-14/h11H,2-9H2,1H3,(H,15,18)(H,19,20). The molecule has 1 heterocycles. The van der Waals surface area contributed by atoms with E-state index in [-0.39, 0.29) is 24.3 Å². The molecule has 2 rings (SSSR count). The molecule has 1 saturated heterocycles. The largest absolute Gasteiger partial charge is 0.481 e. The molecule has 0 radical (unpaired) electrons. The number of amides is 2. The molecule has 0 aromatic heterocycles. The molecule has 20 heavy (non-hydrogen) atoms. The van der Waals surface area contributed by atoms with E-state index in [4.69, 9.17) is 0 Å². The van der Waals surface area contributed by atoms with Crippen LogP contribution in [0.1, 0.15) is 39.0 Å². The molecule has 6 heteroatoms. The molecule has 2 aliphatic rings. The van der Waals surface area contributed by atoms with Crippen molar-refractivity contribution in [2.75, 3.05) is 19.6 Å². The van der Waals surface area contributed by atoms with Crippen molar-refractivity contribution in [2.45, 2.75) is 39.0 Å². The first-order chi connectivity index (χ1) is 9.44. The Kier molecular flexibility index (Phi) is 4.30. The number of piperidine rings is 1. The van der Waals surface area contributed by atoms with E-state index >= 15 is 0 Å². The van der Waals surface area contributed by atoms with Gasteiger partial charge in [0, 0.05) is 26.6 Å². The van der Waals surface area contributed by atoms with Crippen molar-refractivity contribution in [3.8, 4) is 0 Å². The topological polar surface area (TPSA) is 86.7 Å². The van der Waals surface area contributed by atoms with E-state index in [0.717, 1.165) is 19.3 Å². The lowest BCUT2D eigenvalue weighted by atomic mass is 9.68. The van der Waals surface area contributed by atoms with Crippen LogP contribution < -0.4 is 5.32 Å². The third-order valence-corrected chi connectivity index (χ3v) is 4.60. The summed E-state index contributed by atoms with van der Waals surface area (Å²) in [7, 11) is 0. The Morgan fingerprint density at radius 3 is 2.50 bits per heavy atom. The van der Waals surface area contributed by atoms with Gasteiger partial charge in [-0.2, -0.15) is 0 Å². The normalized spacial score (nSPS) is 24.6. The Hall–Kier alpha value is -1.59. The van der Waals surface area contributed by atoms with Crippen LogP contribution in [-0.2, 0) is 14.4 Å². The Labute approximate surface area is 118 Å². The highest BCUT2D eigenvalue weighted by Gasteiger charge is 2.44. The number of aliphatic carboxylic acids is 1. The predicted octanol–water partition coefficient (Wildman–Crippen LogP) is 0.616. The van der Waals surface area contributed by atoms with Crippen LogP contribution in [0.5, 0.6) is 0 Å². The van der Waals surface area contributed by atoms with Crippen LogP contribution >= 0.6 is 0 Å². The molecule has 1 aliphatic heterocycles. The van der Waals surface area contributed by atoms with Crippen LogP contribution in [-0.4, -0.2) is 47.4 Å². The summed E-state index contributed by atoms with van der Waals surface area (Å²) >= 11 is 0. The lowest BCUT2D eigenvalue weighted by Gasteiger charge is -2.38. The maximum atomic E-state index is 12.1. The summed E-state index contributed by atoms with van der Waals surface area (Å²) in [4.78, 5) is 36.4. The van der Waals surface area contributed by atoms with Gasteiger partial charge in [-0.25, -0.2) is 0 Å². The fraction of sp³-hybridized carbons (Fsp3) is 0.786. The van der Waals surface area contributed by atoms with Crippen molar-refractivity contribution in [1.82, 2.24) is 10.2 Å². The summed E-state index contributed by atoms with van der Waals surface area (Å²) in [5.41, 5.74) is -0.759. The van der Waals surface area contributed by atoms with Crippen molar-refractivity contribution in [2.24, 2.45) is 11.3 Å². The van der Waals surface area contributed by atoms with E-state index in [2.05, 4.69) is 5.32 Å². The summed E-state index contributed by atoms with van der Waals surface area (Å²) in [5.74, 6) is -1.16.